The van der Waals surface area contributed by atoms with E-state index in [9.17, 15) is 18.0 Å². The van der Waals surface area contributed by atoms with E-state index in [1.165, 1.54) is 7.11 Å². The van der Waals surface area contributed by atoms with Gasteiger partial charge in [0.1, 0.15) is 7.11 Å². The Hall–Kier alpha value is -2.05. The summed E-state index contributed by atoms with van der Waals surface area (Å²) in [6.45, 7) is -1.61. The molecule has 0 atom stereocenters. The average molecular weight is 275 g/mol. The molecule has 1 rings (SSSR count). The molecule has 1 aromatic carbocycles. The minimum Gasteiger partial charge on any atom is -0.456 e. The summed E-state index contributed by atoms with van der Waals surface area (Å²) in [4.78, 5) is 15.9. The van der Waals surface area contributed by atoms with Crippen molar-refractivity contribution < 1.29 is 27.5 Å². The molecule has 0 radical (unpaired) electrons. The van der Waals surface area contributed by atoms with Crippen molar-refractivity contribution in [2.24, 2.45) is 5.16 Å². The lowest BCUT2D eigenvalue weighted by Crippen LogP contribution is -2.22. The zero-order valence-electron chi connectivity index (χ0n) is 10.1. The second kappa shape index (κ2) is 6.77. The van der Waals surface area contributed by atoms with Gasteiger partial charge in [-0.2, -0.15) is 13.2 Å². The third-order valence-electron chi connectivity index (χ3n) is 2.02. The van der Waals surface area contributed by atoms with Crippen LogP contribution in [0.15, 0.2) is 35.5 Å². The van der Waals surface area contributed by atoms with Gasteiger partial charge in [0.15, 0.2) is 6.61 Å². The Morgan fingerprint density at radius 1 is 1.26 bits per heavy atom. The van der Waals surface area contributed by atoms with Gasteiger partial charge in [0, 0.05) is 0 Å². The van der Waals surface area contributed by atoms with E-state index in [-0.39, 0.29) is 5.71 Å². The summed E-state index contributed by atoms with van der Waals surface area (Å²) < 4.78 is 39.8. The average Bonchev–Trinajstić information content (AvgIpc) is 2.36. The number of halogens is 3. The van der Waals surface area contributed by atoms with Crippen LogP contribution in [0.5, 0.6) is 0 Å². The second-order valence-corrected chi connectivity index (χ2v) is 3.54. The zero-order chi connectivity index (χ0) is 14.3. The number of benzene rings is 1. The first kappa shape index (κ1) is 15.0. The molecule has 0 bridgehead atoms. The molecule has 0 N–H and O–H groups in total. The van der Waals surface area contributed by atoms with Crippen LogP contribution in [0.25, 0.3) is 0 Å². The molecule has 104 valence electrons. The van der Waals surface area contributed by atoms with E-state index in [4.69, 9.17) is 0 Å². The number of hydrogen-bond acceptors (Lipinski definition) is 4. The summed E-state index contributed by atoms with van der Waals surface area (Å²) in [5.74, 6) is -1.02. The Balaban J connectivity index is 2.66. The van der Waals surface area contributed by atoms with Crippen LogP contribution >= 0.6 is 0 Å². The molecule has 0 saturated carbocycles. The molecule has 19 heavy (non-hydrogen) atoms. The molecule has 0 aromatic heterocycles. The Labute approximate surface area is 107 Å². The summed E-state index contributed by atoms with van der Waals surface area (Å²) >= 11 is 0. The monoisotopic (exact) mass is 275 g/mol. The molecular weight excluding hydrogens is 263 g/mol. The molecule has 0 aliphatic heterocycles. The predicted molar refractivity (Wildman–Crippen MR) is 61.6 cm³/mol. The summed E-state index contributed by atoms with van der Waals surface area (Å²) in [6, 6.07) is 8.50. The smallest absolute Gasteiger partial charge is 0.422 e. The second-order valence-electron chi connectivity index (χ2n) is 3.54. The van der Waals surface area contributed by atoms with E-state index in [1.54, 1.807) is 30.3 Å². The van der Waals surface area contributed by atoms with Gasteiger partial charge in [0.25, 0.3) is 0 Å². The largest absolute Gasteiger partial charge is 0.456 e. The van der Waals surface area contributed by atoms with Crippen molar-refractivity contribution in [3.05, 3.63) is 35.9 Å². The lowest BCUT2D eigenvalue weighted by Gasteiger charge is -2.09. The number of hydrogen-bond donors (Lipinski definition) is 0. The van der Waals surface area contributed by atoms with Crippen molar-refractivity contribution in [2.45, 2.75) is 12.6 Å². The number of alkyl halides is 3. The van der Waals surface area contributed by atoms with Gasteiger partial charge in [0.2, 0.25) is 0 Å². The Morgan fingerprint density at radius 3 is 2.42 bits per heavy atom. The van der Waals surface area contributed by atoms with Crippen LogP contribution in [-0.2, 0) is 14.4 Å². The molecular formula is C12H12F3NO3. The highest BCUT2D eigenvalue weighted by molar-refractivity contribution is 6.09. The van der Waals surface area contributed by atoms with Crippen LogP contribution in [0.4, 0.5) is 13.2 Å². The van der Waals surface area contributed by atoms with Gasteiger partial charge in [-0.3, -0.25) is 4.79 Å². The van der Waals surface area contributed by atoms with Crippen LogP contribution in [0.1, 0.15) is 12.0 Å². The molecule has 0 heterocycles. The maximum absolute atomic E-state index is 11.9. The van der Waals surface area contributed by atoms with Crippen molar-refractivity contribution in [3.63, 3.8) is 0 Å². The fourth-order valence-corrected chi connectivity index (χ4v) is 1.28. The Kier molecular flexibility index (Phi) is 5.35. The minimum absolute atomic E-state index is 0.204. The highest BCUT2D eigenvalue weighted by atomic mass is 19.4. The fourth-order valence-electron chi connectivity index (χ4n) is 1.28. The van der Waals surface area contributed by atoms with Gasteiger partial charge in [-0.15, -0.1) is 0 Å². The fraction of sp³-hybridized carbons (Fsp3) is 0.333. The first-order valence-corrected chi connectivity index (χ1v) is 5.30. The van der Waals surface area contributed by atoms with E-state index in [0.717, 1.165) is 0 Å². The summed E-state index contributed by atoms with van der Waals surface area (Å²) in [7, 11) is 1.28. The van der Waals surface area contributed by atoms with Crippen molar-refractivity contribution in [3.8, 4) is 0 Å². The summed E-state index contributed by atoms with van der Waals surface area (Å²) in [6.07, 6.45) is -4.94. The van der Waals surface area contributed by atoms with Crippen molar-refractivity contribution in [2.75, 3.05) is 13.7 Å². The van der Waals surface area contributed by atoms with Crippen LogP contribution in [0, 0.1) is 0 Å². The van der Waals surface area contributed by atoms with E-state index in [2.05, 4.69) is 14.7 Å². The van der Waals surface area contributed by atoms with E-state index >= 15 is 0 Å². The molecule has 1 aromatic rings. The molecule has 7 heteroatoms. The molecule has 0 saturated heterocycles. The zero-order valence-corrected chi connectivity index (χ0v) is 10.1. The van der Waals surface area contributed by atoms with Gasteiger partial charge >= 0.3 is 12.1 Å². The number of esters is 1. The lowest BCUT2D eigenvalue weighted by atomic mass is 10.1. The van der Waals surface area contributed by atoms with Gasteiger partial charge in [-0.1, -0.05) is 35.5 Å². The molecule has 0 aliphatic rings. The number of ether oxygens (including phenoxy) is 1. The Morgan fingerprint density at radius 2 is 1.89 bits per heavy atom. The number of oxime groups is 1. The molecule has 0 unspecified atom stereocenters. The molecule has 0 amide bonds. The highest BCUT2D eigenvalue weighted by Gasteiger charge is 2.29. The van der Waals surface area contributed by atoms with Gasteiger partial charge < -0.3 is 9.57 Å². The summed E-state index contributed by atoms with van der Waals surface area (Å²) in [5.41, 5.74) is 0.781. The maximum atomic E-state index is 11.9. The van der Waals surface area contributed by atoms with Gasteiger partial charge in [-0.25, -0.2) is 0 Å². The molecule has 4 nitrogen and oxygen atoms in total. The lowest BCUT2D eigenvalue weighted by molar-refractivity contribution is -0.185. The van der Waals surface area contributed by atoms with E-state index in [0.29, 0.717) is 5.56 Å². The maximum Gasteiger partial charge on any atom is 0.422 e. The van der Waals surface area contributed by atoms with Gasteiger partial charge in [-0.05, 0) is 5.56 Å². The van der Waals surface area contributed by atoms with Crippen LogP contribution in [-0.4, -0.2) is 31.6 Å². The van der Waals surface area contributed by atoms with Crippen molar-refractivity contribution >= 4 is 11.7 Å². The normalized spacial score (nSPS) is 12.1. The Bertz CT molecular complexity index is 443. The SMILES string of the molecule is CO/N=C(/CC(=O)OCC(F)(F)F)c1ccccc1. The van der Waals surface area contributed by atoms with E-state index < -0.39 is 25.2 Å². The van der Waals surface area contributed by atoms with Crippen molar-refractivity contribution in [1.82, 2.24) is 0 Å². The predicted octanol–water partition coefficient (Wildman–Crippen LogP) is 2.53. The van der Waals surface area contributed by atoms with E-state index in [1.807, 2.05) is 0 Å². The minimum atomic E-state index is -4.54. The number of carbonyl (C=O) groups is 1. The molecule has 0 spiro atoms. The number of rotatable bonds is 5. The number of carbonyl (C=O) groups excluding carboxylic acids is 1. The first-order valence-electron chi connectivity index (χ1n) is 5.30. The standard InChI is InChI=1S/C12H12F3NO3/c1-18-16-10(9-5-3-2-4-6-9)7-11(17)19-8-12(13,14)15/h2-6H,7-8H2,1H3/b16-10-. The molecule has 0 fully saturated rings. The third kappa shape index (κ3) is 5.89. The van der Waals surface area contributed by atoms with Crippen LogP contribution in [0.2, 0.25) is 0 Å². The van der Waals surface area contributed by atoms with Crippen molar-refractivity contribution in [1.29, 1.82) is 0 Å². The number of nitrogens with zero attached hydrogens (tertiary/aromatic N) is 1. The third-order valence-corrected chi connectivity index (χ3v) is 2.02. The first-order chi connectivity index (χ1) is 8.92. The highest BCUT2D eigenvalue weighted by Crippen LogP contribution is 2.15. The van der Waals surface area contributed by atoms with Gasteiger partial charge in [0.05, 0.1) is 12.1 Å². The summed E-state index contributed by atoms with van der Waals surface area (Å²) in [5, 5.41) is 3.61. The quantitative estimate of drug-likeness (QED) is 0.471. The molecule has 0 aliphatic carbocycles. The van der Waals surface area contributed by atoms with Crippen LogP contribution < -0.4 is 0 Å². The topological polar surface area (TPSA) is 47.9 Å². The van der Waals surface area contributed by atoms with Crippen LogP contribution in [0.3, 0.4) is 0 Å².